The fourth-order valence-corrected chi connectivity index (χ4v) is 2.05. The Hall–Kier alpha value is -1.79. The largest absolute Gasteiger partial charge is 0.454 e. The minimum absolute atomic E-state index is 0.260. The fourth-order valence-electron chi connectivity index (χ4n) is 1.92. The van der Waals surface area contributed by atoms with Crippen LogP contribution in [0.4, 0.5) is 0 Å². The number of rotatable bonds is 6. The summed E-state index contributed by atoms with van der Waals surface area (Å²) in [4.78, 5) is 11.8. The molecule has 0 unspecified atom stereocenters. The number of aryl methyl sites for hydroxylation is 1. The minimum atomic E-state index is -0.260. The van der Waals surface area contributed by atoms with Crippen molar-refractivity contribution in [3.8, 4) is 0 Å². The van der Waals surface area contributed by atoms with Gasteiger partial charge in [-0.15, -0.1) is 0 Å². The smallest absolute Gasteiger partial charge is 0.287 e. The van der Waals surface area contributed by atoms with Gasteiger partial charge in [0.25, 0.3) is 5.91 Å². The van der Waals surface area contributed by atoms with Crippen LogP contribution in [-0.2, 0) is 11.3 Å². The molecular weight excluding hydrogens is 294 g/mol. The molecule has 2 aromatic heterocycles. The Morgan fingerprint density at radius 3 is 2.86 bits per heavy atom. The molecule has 2 aromatic rings. The average Bonchev–Trinajstić information content (AvgIpc) is 3.01. The number of furan rings is 1. The molecule has 0 fully saturated rings. The molecule has 0 atom stereocenters. The zero-order valence-electron chi connectivity index (χ0n) is 12.3. The SMILES string of the molecule is COCCNC(=O)c1ccc(Cn2nc(C)c(Cl)c2C)o1. The standard InChI is InChI=1S/C14H18ClN3O3/c1-9-13(15)10(2)18(17-9)8-11-4-5-12(21-11)14(19)16-6-7-20-3/h4-5H,6-8H2,1-3H3,(H,16,19). The van der Waals surface area contributed by atoms with Gasteiger partial charge in [0.1, 0.15) is 5.76 Å². The Morgan fingerprint density at radius 1 is 1.48 bits per heavy atom. The summed E-state index contributed by atoms with van der Waals surface area (Å²) >= 11 is 6.10. The van der Waals surface area contributed by atoms with Gasteiger partial charge in [0.05, 0.1) is 29.6 Å². The van der Waals surface area contributed by atoms with Gasteiger partial charge in [0.2, 0.25) is 0 Å². The van der Waals surface area contributed by atoms with Crippen LogP contribution >= 0.6 is 11.6 Å². The lowest BCUT2D eigenvalue weighted by atomic mass is 10.4. The van der Waals surface area contributed by atoms with Crippen LogP contribution in [0, 0.1) is 13.8 Å². The first-order valence-electron chi connectivity index (χ1n) is 6.58. The van der Waals surface area contributed by atoms with Gasteiger partial charge in [-0.05, 0) is 26.0 Å². The van der Waals surface area contributed by atoms with Gasteiger partial charge in [0.15, 0.2) is 5.76 Å². The van der Waals surface area contributed by atoms with Crippen molar-refractivity contribution in [2.24, 2.45) is 0 Å². The van der Waals surface area contributed by atoms with Crippen molar-refractivity contribution in [3.05, 3.63) is 40.1 Å². The van der Waals surface area contributed by atoms with Crippen molar-refractivity contribution in [2.75, 3.05) is 20.3 Å². The molecule has 0 saturated heterocycles. The van der Waals surface area contributed by atoms with Gasteiger partial charge >= 0.3 is 0 Å². The summed E-state index contributed by atoms with van der Waals surface area (Å²) in [5, 5.41) is 7.68. The molecule has 6 nitrogen and oxygen atoms in total. The Labute approximate surface area is 128 Å². The summed E-state index contributed by atoms with van der Waals surface area (Å²) in [6.45, 7) is 5.08. The van der Waals surface area contributed by atoms with Crippen LogP contribution in [-0.4, -0.2) is 35.9 Å². The van der Waals surface area contributed by atoms with Gasteiger partial charge in [0, 0.05) is 13.7 Å². The molecule has 1 amide bonds. The van der Waals surface area contributed by atoms with E-state index < -0.39 is 0 Å². The van der Waals surface area contributed by atoms with Crippen molar-refractivity contribution in [1.29, 1.82) is 0 Å². The maximum absolute atomic E-state index is 11.8. The number of aromatic nitrogens is 2. The van der Waals surface area contributed by atoms with Crippen molar-refractivity contribution in [2.45, 2.75) is 20.4 Å². The molecule has 2 heterocycles. The van der Waals surface area contributed by atoms with E-state index >= 15 is 0 Å². The number of carbonyl (C=O) groups is 1. The molecule has 0 radical (unpaired) electrons. The second kappa shape index (κ2) is 6.78. The highest BCUT2D eigenvalue weighted by Gasteiger charge is 2.14. The Bertz CT molecular complexity index is 633. The molecule has 0 aliphatic carbocycles. The zero-order chi connectivity index (χ0) is 15.4. The van der Waals surface area contributed by atoms with Crippen molar-refractivity contribution in [3.63, 3.8) is 0 Å². The molecule has 0 bridgehead atoms. The van der Waals surface area contributed by atoms with Gasteiger partial charge in [-0.2, -0.15) is 5.10 Å². The molecule has 0 saturated carbocycles. The highest BCUT2D eigenvalue weighted by molar-refractivity contribution is 6.31. The Kier molecular flexibility index (Phi) is 5.03. The van der Waals surface area contributed by atoms with E-state index in [1.807, 2.05) is 13.8 Å². The van der Waals surface area contributed by atoms with E-state index in [0.29, 0.717) is 30.5 Å². The first-order valence-corrected chi connectivity index (χ1v) is 6.96. The van der Waals surface area contributed by atoms with Crippen LogP contribution in [0.25, 0.3) is 0 Å². The maximum Gasteiger partial charge on any atom is 0.287 e. The van der Waals surface area contributed by atoms with E-state index in [2.05, 4.69) is 10.4 Å². The molecular formula is C14H18ClN3O3. The molecule has 0 spiro atoms. The van der Waals surface area contributed by atoms with E-state index in [1.165, 1.54) is 0 Å². The summed E-state index contributed by atoms with van der Waals surface area (Å²) in [6.07, 6.45) is 0. The van der Waals surface area contributed by atoms with Crippen LogP contribution in [0.3, 0.4) is 0 Å². The quantitative estimate of drug-likeness (QED) is 0.830. The predicted octanol–water partition coefficient (Wildman–Crippen LogP) is 2.17. The van der Waals surface area contributed by atoms with E-state index in [0.717, 1.165) is 11.4 Å². The summed E-state index contributed by atoms with van der Waals surface area (Å²) in [5.74, 6) is 0.660. The second-order valence-corrected chi connectivity index (χ2v) is 5.04. The number of halogens is 1. The fraction of sp³-hybridized carbons (Fsp3) is 0.429. The number of hydrogen-bond donors (Lipinski definition) is 1. The second-order valence-electron chi connectivity index (χ2n) is 4.66. The van der Waals surface area contributed by atoms with Crippen molar-refractivity contribution < 1.29 is 13.9 Å². The zero-order valence-corrected chi connectivity index (χ0v) is 13.0. The molecule has 21 heavy (non-hydrogen) atoms. The van der Waals surface area contributed by atoms with Gasteiger partial charge in [-0.25, -0.2) is 0 Å². The maximum atomic E-state index is 11.8. The van der Waals surface area contributed by atoms with E-state index in [4.69, 9.17) is 20.8 Å². The monoisotopic (exact) mass is 311 g/mol. The summed E-state index contributed by atoms with van der Waals surface area (Å²) in [7, 11) is 1.58. The van der Waals surface area contributed by atoms with Crippen LogP contribution in [0.1, 0.15) is 27.7 Å². The number of nitrogens with one attached hydrogen (secondary N) is 1. The first-order chi connectivity index (χ1) is 10.0. The summed E-state index contributed by atoms with van der Waals surface area (Å²) < 4.78 is 12.2. The lowest BCUT2D eigenvalue weighted by molar-refractivity contribution is 0.0907. The predicted molar refractivity (Wildman–Crippen MR) is 78.7 cm³/mol. The molecule has 7 heteroatoms. The summed E-state index contributed by atoms with van der Waals surface area (Å²) in [6, 6.07) is 3.40. The third-order valence-electron chi connectivity index (χ3n) is 3.08. The Balaban J connectivity index is 2.03. The number of nitrogens with zero attached hydrogens (tertiary/aromatic N) is 2. The van der Waals surface area contributed by atoms with Crippen molar-refractivity contribution in [1.82, 2.24) is 15.1 Å². The number of hydrogen-bond acceptors (Lipinski definition) is 4. The van der Waals surface area contributed by atoms with E-state index in [-0.39, 0.29) is 11.7 Å². The normalized spacial score (nSPS) is 10.9. The molecule has 114 valence electrons. The van der Waals surface area contributed by atoms with Gasteiger partial charge in [-0.3, -0.25) is 9.48 Å². The molecule has 2 rings (SSSR count). The first kappa shape index (κ1) is 15.6. The topological polar surface area (TPSA) is 69.3 Å². The Morgan fingerprint density at radius 2 is 2.24 bits per heavy atom. The highest BCUT2D eigenvalue weighted by Crippen LogP contribution is 2.20. The van der Waals surface area contributed by atoms with Gasteiger partial charge < -0.3 is 14.5 Å². The minimum Gasteiger partial charge on any atom is -0.454 e. The number of ether oxygens (including phenoxy) is 1. The number of methoxy groups -OCH3 is 1. The van der Waals surface area contributed by atoms with Crippen LogP contribution in [0.2, 0.25) is 5.02 Å². The van der Waals surface area contributed by atoms with Gasteiger partial charge in [-0.1, -0.05) is 11.6 Å². The number of amides is 1. The summed E-state index contributed by atoms with van der Waals surface area (Å²) in [5.41, 5.74) is 1.65. The molecule has 0 aromatic carbocycles. The van der Waals surface area contributed by atoms with E-state index in [9.17, 15) is 4.79 Å². The van der Waals surface area contributed by atoms with Crippen molar-refractivity contribution >= 4 is 17.5 Å². The van der Waals surface area contributed by atoms with E-state index in [1.54, 1.807) is 23.9 Å². The molecule has 1 N–H and O–H groups in total. The highest BCUT2D eigenvalue weighted by atomic mass is 35.5. The van der Waals surface area contributed by atoms with Crippen LogP contribution in [0.15, 0.2) is 16.5 Å². The third kappa shape index (κ3) is 3.65. The number of carbonyl (C=O) groups excluding carboxylic acids is 1. The lowest BCUT2D eigenvalue weighted by Crippen LogP contribution is -2.26. The average molecular weight is 312 g/mol. The third-order valence-corrected chi connectivity index (χ3v) is 3.62. The van der Waals surface area contributed by atoms with Crippen LogP contribution in [0.5, 0.6) is 0 Å². The molecule has 0 aliphatic heterocycles. The van der Waals surface area contributed by atoms with Crippen LogP contribution < -0.4 is 5.32 Å². The molecule has 0 aliphatic rings. The lowest BCUT2D eigenvalue weighted by Gasteiger charge is -2.03.